The minimum Gasteiger partial charge on any atom is -0.373 e. The Balaban J connectivity index is 4.98. The summed E-state index contributed by atoms with van der Waals surface area (Å²) in [5, 5.41) is 0.728. The van der Waals surface area contributed by atoms with Crippen molar-refractivity contribution >= 4 is 49.0 Å². The highest BCUT2D eigenvalue weighted by molar-refractivity contribution is 9.09. The van der Waals surface area contributed by atoms with Crippen molar-refractivity contribution in [3.63, 3.8) is 0 Å². The van der Waals surface area contributed by atoms with Crippen molar-refractivity contribution in [2.75, 3.05) is 39.6 Å². The summed E-state index contributed by atoms with van der Waals surface area (Å²) in [6.45, 7) is 21.4. The van der Waals surface area contributed by atoms with Crippen LogP contribution in [0.3, 0.4) is 0 Å². The third kappa shape index (κ3) is 17.5. The van der Waals surface area contributed by atoms with Gasteiger partial charge in [-0.15, -0.1) is 0 Å². The van der Waals surface area contributed by atoms with E-state index in [9.17, 15) is 0 Å². The van der Waals surface area contributed by atoms with Gasteiger partial charge >= 0.3 is 17.6 Å². The first-order chi connectivity index (χ1) is 16.9. The van der Waals surface area contributed by atoms with Crippen LogP contribution >= 0.6 is 31.4 Å². The molecule has 0 aliphatic heterocycles. The summed E-state index contributed by atoms with van der Waals surface area (Å²) in [5.41, 5.74) is 0. The van der Waals surface area contributed by atoms with Gasteiger partial charge < -0.3 is 26.6 Å². The molecule has 0 amide bonds. The van der Waals surface area contributed by atoms with E-state index in [0.717, 1.165) is 50.6 Å². The molecule has 0 heterocycles. The molecule has 0 aliphatic rings. The van der Waals surface area contributed by atoms with Crippen molar-refractivity contribution in [3.05, 3.63) is 0 Å². The van der Waals surface area contributed by atoms with Crippen LogP contribution in [-0.4, -0.2) is 67.8 Å². The van der Waals surface area contributed by atoms with Gasteiger partial charge in [0, 0.05) is 62.2 Å². The van der Waals surface area contributed by atoms with Crippen molar-refractivity contribution < 1.29 is 26.6 Å². The Bertz CT molecular complexity index is 399. The largest absolute Gasteiger partial charge is 0.502 e. The fourth-order valence-electron chi connectivity index (χ4n) is 3.08. The molecule has 6 nitrogen and oxygen atoms in total. The Kier molecular flexibility index (Phi) is 24.0. The van der Waals surface area contributed by atoms with Crippen LogP contribution in [-0.2, 0) is 26.6 Å². The van der Waals surface area contributed by atoms with Gasteiger partial charge in [0.15, 0.2) is 0 Å². The Morgan fingerprint density at radius 1 is 0.457 bits per heavy atom. The van der Waals surface area contributed by atoms with E-state index in [1.165, 1.54) is 0 Å². The predicted octanol–water partition coefficient (Wildman–Crippen LogP) is 8.23. The van der Waals surface area contributed by atoms with E-state index in [0.29, 0.717) is 50.1 Å². The lowest BCUT2D eigenvalue weighted by Gasteiger charge is -2.32. The number of hydrogen-bond donors (Lipinski definition) is 0. The lowest BCUT2D eigenvalue weighted by Crippen LogP contribution is -2.48. The molecule has 0 aliphatic carbocycles. The number of hydrogen-bond acceptors (Lipinski definition) is 9. The van der Waals surface area contributed by atoms with E-state index in [-0.39, 0.29) is 0 Å². The molecule has 11 heteroatoms. The van der Waals surface area contributed by atoms with Crippen molar-refractivity contribution in [1.29, 1.82) is 0 Å². The summed E-state index contributed by atoms with van der Waals surface area (Å²) in [6.07, 6.45) is 5.81. The summed E-state index contributed by atoms with van der Waals surface area (Å²) in [6, 6.07) is 1.66. The van der Waals surface area contributed by atoms with Crippen molar-refractivity contribution in [3.8, 4) is 0 Å². The van der Waals surface area contributed by atoms with Crippen LogP contribution in [0, 0.1) is 0 Å². The molecule has 0 saturated carbocycles. The molecule has 0 rings (SSSR count). The van der Waals surface area contributed by atoms with Crippen LogP contribution in [0.15, 0.2) is 0 Å². The fraction of sp³-hybridized carbons (Fsp3) is 1.00. The van der Waals surface area contributed by atoms with Gasteiger partial charge in [-0.25, -0.2) is 0 Å². The van der Waals surface area contributed by atoms with Gasteiger partial charge in [-0.3, -0.25) is 0 Å². The highest BCUT2D eigenvalue weighted by Gasteiger charge is 2.44. The molecule has 2 unspecified atom stereocenters. The quantitative estimate of drug-likeness (QED) is 0.0732. The maximum Gasteiger partial charge on any atom is 0.502 e. The molecule has 0 fully saturated rings. The molecular weight excluding hydrogens is 537 g/mol. The highest BCUT2D eigenvalue weighted by atomic mass is 33.5. The molecule has 0 aromatic rings. The summed E-state index contributed by atoms with van der Waals surface area (Å²) in [5.74, 6) is 0. The van der Waals surface area contributed by atoms with Gasteiger partial charge in [-0.05, 0) is 48.4 Å². The van der Waals surface area contributed by atoms with Gasteiger partial charge in [0.2, 0.25) is 0 Å². The topological polar surface area (TPSA) is 55.4 Å². The van der Waals surface area contributed by atoms with Gasteiger partial charge in [0.05, 0.1) is 0 Å². The second kappa shape index (κ2) is 23.2. The molecule has 0 bridgehead atoms. The molecular formula is C24H54O6S3Si2. The molecule has 0 aromatic carbocycles. The number of rotatable bonds is 26. The van der Waals surface area contributed by atoms with Gasteiger partial charge in [0.1, 0.15) is 0 Å². The summed E-state index contributed by atoms with van der Waals surface area (Å²) in [7, 11) is 0.239. The van der Waals surface area contributed by atoms with Crippen LogP contribution in [0.25, 0.3) is 0 Å². The third-order valence-electron chi connectivity index (χ3n) is 4.64. The second-order valence-electron chi connectivity index (χ2n) is 8.75. The molecule has 0 N–H and O–H groups in total. The predicted molar refractivity (Wildman–Crippen MR) is 160 cm³/mol. The first kappa shape index (κ1) is 36.2. The summed E-state index contributed by atoms with van der Waals surface area (Å²) < 4.78 is 37.7. The van der Waals surface area contributed by atoms with E-state index in [1.54, 1.807) is 0 Å². The Labute approximate surface area is 230 Å². The maximum atomic E-state index is 6.28. The van der Waals surface area contributed by atoms with Gasteiger partial charge in [0.25, 0.3) is 0 Å². The van der Waals surface area contributed by atoms with Gasteiger partial charge in [-0.1, -0.05) is 77.0 Å². The average Bonchev–Trinajstić information content (AvgIpc) is 2.85. The Morgan fingerprint density at radius 2 is 0.686 bits per heavy atom. The molecule has 212 valence electrons. The van der Waals surface area contributed by atoms with Crippen LogP contribution in [0.5, 0.6) is 0 Å². The molecule has 0 saturated heterocycles. The van der Waals surface area contributed by atoms with Crippen LogP contribution < -0.4 is 0 Å². The van der Waals surface area contributed by atoms with Crippen molar-refractivity contribution in [2.45, 2.75) is 117 Å². The molecule has 2 atom stereocenters. The minimum absolute atomic E-state index is 0.364. The maximum absolute atomic E-state index is 6.28. The molecule has 0 radical (unpaired) electrons. The minimum atomic E-state index is -2.68. The second-order valence-corrected chi connectivity index (χ2v) is 18.9. The van der Waals surface area contributed by atoms with E-state index in [2.05, 4.69) is 55.4 Å². The first-order valence-electron chi connectivity index (χ1n) is 13.7. The standard InChI is InChI=1S/C24H54O6S3Si2/c1-9-15-25-34(26-16-10-2,27-17-11-3)21-23(7)31-33-32-24(8)22-35(28-18-12-4,29-19-13-5)30-20-14-6/h23-24H,9-22H2,1-8H3. The van der Waals surface area contributed by atoms with Crippen LogP contribution in [0.1, 0.15) is 93.9 Å². The zero-order chi connectivity index (χ0) is 26.4. The Hall–Kier alpha value is 1.24. The highest BCUT2D eigenvalue weighted by Crippen LogP contribution is 2.44. The monoisotopic (exact) mass is 590 g/mol. The average molecular weight is 591 g/mol. The first-order valence-corrected chi connectivity index (χ1v) is 21.2. The van der Waals surface area contributed by atoms with Crippen molar-refractivity contribution in [1.82, 2.24) is 0 Å². The van der Waals surface area contributed by atoms with E-state index < -0.39 is 17.6 Å². The smallest absolute Gasteiger partial charge is 0.373 e. The van der Waals surface area contributed by atoms with E-state index >= 15 is 0 Å². The van der Waals surface area contributed by atoms with Gasteiger partial charge in [-0.2, -0.15) is 0 Å². The molecule has 35 heavy (non-hydrogen) atoms. The third-order valence-corrected chi connectivity index (χ3v) is 16.3. The normalized spacial score (nSPS) is 14.4. The fourth-order valence-corrected chi connectivity index (χ4v) is 15.9. The summed E-state index contributed by atoms with van der Waals surface area (Å²) >= 11 is 0. The molecule has 0 spiro atoms. The van der Waals surface area contributed by atoms with E-state index in [1.807, 2.05) is 31.4 Å². The lowest BCUT2D eigenvalue weighted by molar-refractivity contribution is 0.0588. The van der Waals surface area contributed by atoms with Crippen LogP contribution in [0.4, 0.5) is 0 Å². The van der Waals surface area contributed by atoms with Crippen LogP contribution in [0.2, 0.25) is 12.1 Å². The Morgan fingerprint density at radius 3 is 0.886 bits per heavy atom. The lowest BCUT2D eigenvalue weighted by atomic mass is 10.5. The molecule has 0 aromatic heterocycles. The zero-order valence-electron chi connectivity index (χ0n) is 23.7. The summed E-state index contributed by atoms with van der Waals surface area (Å²) in [4.78, 5) is 0. The van der Waals surface area contributed by atoms with E-state index in [4.69, 9.17) is 26.6 Å². The van der Waals surface area contributed by atoms with Crippen molar-refractivity contribution in [2.24, 2.45) is 0 Å². The SMILES string of the molecule is CCCO[Si](CC(C)SSSC(C)C[Si](OCCC)(OCCC)OCCC)(OCCC)OCCC. The zero-order valence-corrected chi connectivity index (χ0v) is 28.2.